The lowest BCUT2D eigenvalue weighted by Gasteiger charge is -2.20. The highest BCUT2D eigenvalue weighted by Crippen LogP contribution is 2.24. The van der Waals surface area contributed by atoms with E-state index in [9.17, 15) is 0 Å². The minimum absolute atomic E-state index is 0.430. The van der Waals surface area contributed by atoms with Crippen LogP contribution in [0.25, 0.3) is 11.2 Å². The minimum atomic E-state index is 0.430. The molecule has 3 heterocycles. The lowest BCUT2D eigenvalue weighted by Crippen LogP contribution is -2.28. The van der Waals surface area contributed by atoms with E-state index in [1.54, 1.807) is 0 Å². The molecular weight excluding hydrogens is 226 g/mol. The molecule has 0 amide bonds. The molecule has 1 aliphatic rings. The third kappa shape index (κ3) is 1.66. The molecule has 1 atom stereocenters. The van der Waals surface area contributed by atoms with E-state index >= 15 is 0 Å². The summed E-state index contributed by atoms with van der Waals surface area (Å²) >= 11 is 5.97. The molecule has 0 aliphatic carbocycles. The van der Waals surface area contributed by atoms with E-state index in [2.05, 4.69) is 25.3 Å². The van der Waals surface area contributed by atoms with Crippen LogP contribution in [0, 0.1) is 0 Å². The van der Waals surface area contributed by atoms with Gasteiger partial charge in [-0.3, -0.25) is 0 Å². The van der Waals surface area contributed by atoms with Crippen molar-refractivity contribution in [1.29, 1.82) is 0 Å². The van der Waals surface area contributed by atoms with Gasteiger partial charge in [0, 0.05) is 12.5 Å². The summed E-state index contributed by atoms with van der Waals surface area (Å²) in [6, 6.07) is 0. The van der Waals surface area contributed by atoms with Gasteiger partial charge in [0.05, 0.1) is 0 Å². The van der Waals surface area contributed by atoms with Crippen LogP contribution in [0.2, 0.25) is 5.15 Å². The van der Waals surface area contributed by atoms with Crippen LogP contribution in [-0.4, -0.2) is 33.0 Å². The van der Waals surface area contributed by atoms with Crippen LogP contribution in [0.1, 0.15) is 24.6 Å². The smallest absolute Gasteiger partial charge is 0.182 e. The number of piperidine rings is 1. The summed E-state index contributed by atoms with van der Waals surface area (Å²) < 4.78 is 0. The molecule has 6 heteroatoms. The van der Waals surface area contributed by atoms with Gasteiger partial charge in [-0.15, -0.1) is 0 Å². The summed E-state index contributed by atoms with van der Waals surface area (Å²) in [6.07, 6.45) is 3.77. The fourth-order valence-electron chi connectivity index (χ4n) is 2.10. The first-order chi connectivity index (χ1) is 7.84. The Morgan fingerprint density at radius 1 is 1.38 bits per heavy atom. The Morgan fingerprint density at radius 2 is 2.31 bits per heavy atom. The van der Waals surface area contributed by atoms with Crippen molar-refractivity contribution in [2.75, 3.05) is 13.1 Å². The molecule has 16 heavy (non-hydrogen) atoms. The molecule has 0 radical (unpaired) electrons. The fraction of sp³-hybridized carbons (Fsp3) is 0.500. The van der Waals surface area contributed by atoms with Gasteiger partial charge in [0.25, 0.3) is 0 Å². The maximum atomic E-state index is 5.97. The average Bonchev–Trinajstić information content (AvgIpc) is 2.76. The number of nitrogens with one attached hydrogen (secondary N) is 2. The largest absolute Gasteiger partial charge is 0.338 e. The van der Waals surface area contributed by atoms with E-state index in [0.29, 0.717) is 16.7 Å². The zero-order chi connectivity index (χ0) is 11.0. The van der Waals surface area contributed by atoms with E-state index in [1.807, 2.05) is 0 Å². The van der Waals surface area contributed by atoms with E-state index in [1.165, 1.54) is 12.7 Å². The second-order valence-electron chi connectivity index (χ2n) is 4.03. The lowest BCUT2D eigenvalue weighted by atomic mass is 9.99. The van der Waals surface area contributed by atoms with E-state index in [0.717, 1.165) is 30.9 Å². The van der Waals surface area contributed by atoms with Crippen LogP contribution >= 0.6 is 11.6 Å². The number of hydrogen-bond donors (Lipinski definition) is 2. The number of fused-ring (bicyclic) bond motifs is 1. The summed E-state index contributed by atoms with van der Waals surface area (Å²) in [5.41, 5.74) is 1.39. The standard InChI is InChI=1S/C10H12ClN5/c11-8-7-10(14-5-13-8)16-9(15-7)6-2-1-3-12-4-6/h5-6,12H,1-4H2,(H,13,14,15,16)/t6-/m1/s1. The van der Waals surface area contributed by atoms with Gasteiger partial charge in [0.15, 0.2) is 10.8 Å². The zero-order valence-electron chi connectivity index (χ0n) is 8.70. The summed E-state index contributed by atoms with van der Waals surface area (Å²) in [7, 11) is 0. The Balaban J connectivity index is 2.01. The molecule has 2 N–H and O–H groups in total. The Morgan fingerprint density at radius 3 is 3.06 bits per heavy atom. The normalized spacial score (nSPS) is 21.4. The van der Waals surface area contributed by atoms with Crippen molar-refractivity contribution in [3.8, 4) is 0 Å². The number of aromatic nitrogens is 4. The Labute approximate surface area is 97.7 Å². The third-order valence-corrected chi connectivity index (χ3v) is 3.23. The molecule has 0 aromatic carbocycles. The molecule has 3 rings (SSSR count). The molecule has 1 saturated heterocycles. The molecule has 2 aromatic rings. The van der Waals surface area contributed by atoms with Gasteiger partial charge in [-0.05, 0) is 19.4 Å². The molecule has 1 fully saturated rings. The number of imidazole rings is 1. The van der Waals surface area contributed by atoms with Crippen molar-refractivity contribution in [1.82, 2.24) is 25.3 Å². The minimum Gasteiger partial charge on any atom is -0.338 e. The van der Waals surface area contributed by atoms with Gasteiger partial charge in [-0.1, -0.05) is 11.6 Å². The number of rotatable bonds is 1. The highest BCUT2D eigenvalue weighted by molar-refractivity contribution is 6.33. The van der Waals surface area contributed by atoms with Crippen LogP contribution in [0.3, 0.4) is 0 Å². The SMILES string of the molecule is Clc1ncnc2nc([C@@H]3CCCNC3)[nH]c12. The maximum Gasteiger partial charge on any atom is 0.182 e. The van der Waals surface area contributed by atoms with Crippen molar-refractivity contribution >= 4 is 22.8 Å². The monoisotopic (exact) mass is 237 g/mol. The lowest BCUT2D eigenvalue weighted by molar-refractivity contribution is 0.449. The number of hydrogen-bond acceptors (Lipinski definition) is 4. The highest BCUT2D eigenvalue weighted by atomic mass is 35.5. The maximum absolute atomic E-state index is 5.97. The number of halogens is 1. The summed E-state index contributed by atoms with van der Waals surface area (Å²) in [5, 5.41) is 3.80. The second kappa shape index (κ2) is 3.99. The van der Waals surface area contributed by atoms with Crippen molar-refractivity contribution in [2.24, 2.45) is 0 Å². The first kappa shape index (κ1) is 9.99. The van der Waals surface area contributed by atoms with E-state index in [-0.39, 0.29) is 0 Å². The van der Waals surface area contributed by atoms with Crippen LogP contribution in [-0.2, 0) is 0 Å². The Kier molecular flexibility index (Phi) is 2.49. The van der Waals surface area contributed by atoms with Gasteiger partial charge in [-0.25, -0.2) is 15.0 Å². The molecular formula is C10H12ClN5. The quantitative estimate of drug-likeness (QED) is 0.738. The van der Waals surface area contributed by atoms with Gasteiger partial charge in [-0.2, -0.15) is 0 Å². The molecule has 84 valence electrons. The topological polar surface area (TPSA) is 66.5 Å². The first-order valence-corrected chi connectivity index (χ1v) is 5.79. The van der Waals surface area contributed by atoms with Crippen molar-refractivity contribution in [2.45, 2.75) is 18.8 Å². The third-order valence-electron chi connectivity index (χ3n) is 2.94. The molecule has 0 saturated carbocycles. The Bertz CT molecular complexity index is 503. The van der Waals surface area contributed by atoms with Crippen LogP contribution < -0.4 is 5.32 Å². The predicted octanol–water partition coefficient (Wildman–Crippen LogP) is 1.47. The number of H-pyrrole nitrogens is 1. The molecule has 0 unspecified atom stereocenters. The van der Waals surface area contributed by atoms with Crippen molar-refractivity contribution in [3.63, 3.8) is 0 Å². The van der Waals surface area contributed by atoms with Crippen LogP contribution in [0.15, 0.2) is 6.33 Å². The van der Waals surface area contributed by atoms with E-state index in [4.69, 9.17) is 11.6 Å². The fourth-order valence-corrected chi connectivity index (χ4v) is 2.27. The summed E-state index contributed by atoms with van der Waals surface area (Å²) in [5.74, 6) is 1.39. The molecule has 2 aromatic heterocycles. The van der Waals surface area contributed by atoms with Crippen molar-refractivity contribution < 1.29 is 0 Å². The molecule has 0 spiro atoms. The van der Waals surface area contributed by atoms with Crippen molar-refractivity contribution in [3.05, 3.63) is 17.3 Å². The zero-order valence-corrected chi connectivity index (χ0v) is 9.46. The van der Waals surface area contributed by atoms with Gasteiger partial charge in [0.2, 0.25) is 0 Å². The molecule has 5 nitrogen and oxygen atoms in total. The van der Waals surface area contributed by atoms with Gasteiger partial charge in [0.1, 0.15) is 17.7 Å². The van der Waals surface area contributed by atoms with Gasteiger partial charge >= 0.3 is 0 Å². The predicted molar refractivity (Wildman–Crippen MR) is 61.5 cm³/mol. The molecule has 0 bridgehead atoms. The van der Waals surface area contributed by atoms with Gasteiger partial charge < -0.3 is 10.3 Å². The summed E-state index contributed by atoms with van der Waals surface area (Å²) in [6.45, 7) is 2.06. The Hall–Kier alpha value is -1.20. The number of nitrogens with zero attached hydrogens (tertiary/aromatic N) is 3. The summed E-state index contributed by atoms with van der Waals surface area (Å²) in [4.78, 5) is 15.7. The van der Waals surface area contributed by atoms with E-state index < -0.39 is 0 Å². The van der Waals surface area contributed by atoms with Crippen LogP contribution in [0.5, 0.6) is 0 Å². The molecule has 1 aliphatic heterocycles. The highest BCUT2D eigenvalue weighted by Gasteiger charge is 2.19. The second-order valence-corrected chi connectivity index (χ2v) is 4.39. The number of aromatic amines is 1. The van der Waals surface area contributed by atoms with Crippen LogP contribution in [0.4, 0.5) is 0 Å². The average molecular weight is 238 g/mol. The first-order valence-electron chi connectivity index (χ1n) is 5.41.